The van der Waals surface area contributed by atoms with Crippen molar-refractivity contribution >= 4 is 10.9 Å². The highest BCUT2D eigenvalue weighted by atomic mass is 16.5. The number of para-hydroxylation sites is 1. The number of hydrogen-bond donors (Lipinski definition) is 0. The molecule has 0 unspecified atom stereocenters. The Bertz CT molecular complexity index is 766. The Hall–Kier alpha value is -2.42. The van der Waals surface area contributed by atoms with Gasteiger partial charge in [0.1, 0.15) is 5.75 Å². The molecule has 0 saturated heterocycles. The Morgan fingerprint density at radius 3 is 2.41 bits per heavy atom. The monoisotopic (exact) mass is 292 g/mol. The number of rotatable bonds is 5. The lowest BCUT2D eigenvalue weighted by Crippen LogP contribution is -1.98. The van der Waals surface area contributed by atoms with E-state index in [1.807, 2.05) is 42.5 Å². The van der Waals surface area contributed by atoms with E-state index >= 15 is 0 Å². The second kappa shape index (κ2) is 6.56. The quantitative estimate of drug-likeness (QED) is 0.686. The van der Waals surface area contributed by atoms with Crippen LogP contribution in [0.2, 0.25) is 0 Å². The van der Waals surface area contributed by atoms with Crippen LogP contribution in [0.5, 0.6) is 5.75 Å². The average molecular weight is 292 g/mol. The van der Waals surface area contributed by atoms with Crippen molar-refractivity contribution in [3.8, 4) is 17.1 Å². The van der Waals surface area contributed by atoms with Crippen molar-refractivity contribution in [3.05, 3.63) is 54.2 Å². The molecule has 22 heavy (non-hydrogen) atoms. The van der Waals surface area contributed by atoms with E-state index in [9.17, 15) is 0 Å². The van der Waals surface area contributed by atoms with Crippen LogP contribution < -0.4 is 4.74 Å². The summed E-state index contributed by atoms with van der Waals surface area (Å²) in [5.41, 5.74) is 3.10. The van der Waals surface area contributed by atoms with Crippen molar-refractivity contribution in [2.45, 2.75) is 26.7 Å². The molecule has 1 heterocycles. The highest BCUT2D eigenvalue weighted by Gasteiger charge is 2.08. The predicted octanol–water partition coefficient (Wildman–Crippen LogP) is 4.65. The van der Waals surface area contributed by atoms with Crippen LogP contribution in [0.4, 0.5) is 0 Å². The first-order chi connectivity index (χ1) is 10.8. The third-order valence-electron chi connectivity index (χ3n) is 3.60. The summed E-state index contributed by atoms with van der Waals surface area (Å²) in [6, 6.07) is 16.2. The van der Waals surface area contributed by atoms with Crippen molar-refractivity contribution in [1.29, 1.82) is 0 Å². The van der Waals surface area contributed by atoms with Crippen molar-refractivity contribution < 1.29 is 4.74 Å². The molecule has 0 atom stereocenters. The lowest BCUT2D eigenvalue weighted by atomic mass is 10.1. The first-order valence-corrected chi connectivity index (χ1v) is 7.80. The molecule has 0 amide bonds. The van der Waals surface area contributed by atoms with Gasteiger partial charge in [-0.15, -0.1) is 0 Å². The molecular weight excluding hydrogens is 272 g/mol. The number of fused-ring (bicyclic) bond motifs is 1. The van der Waals surface area contributed by atoms with Gasteiger partial charge in [0.05, 0.1) is 17.8 Å². The largest absolute Gasteiger partial charge is 0.494 e. The van der Waals surface area contributed by atoms with Crippen LogP contribution in [0, 0.1) is 0 Å². The smallest absolute Gasteiger partial charge is 0.160 e. The van der Waals surface area contributed by atoms with Crippen LogP contribution >= 0.6 is 0 Å². The Balaban J connectivity index is 1.99. The van der Waals surface area contributed by atoms with E-state index < -0.39 is 0 Å². The maximum absolute atomic E-state index is 5.62. The molecule has 0 spiro atoms. The molecule has 0 aliphatic carbocycles. The Labute approximate surface area is 131 Å². The van der Waals surface area contributed by atoms with E-state index in [0.717, 1.165) is 53.2 Å². The van der Waals surface area contributed by atoms with Gasteiger partial charge in [0.2, 0.25) is 0 Å². The summed E-state index contributed by atoms with van der Waals surface area (Å²) in [4.78, 5) is 9.42. The summed E-state index contributed by atoms with van der Waals surface area (Å²) >= 11 is 0. The van der Waals surface area contributed by atoms with Gasteiger partial charge in [-0.2, -0.15) is 0 Å². The topological polar surface area (TPSA) is 35.0 Å². The Morgan fingerprint density at radius 2 is 1.68 bits per heavy atom. The van der Waals surface area contributed by atoms with E-state index in [4.69, 9.17) is 14.7 Å². The minimum absolute atomic E-state index is 0.742. The van der Waals surface area contributed by atoms with Gasteiger partial charge in [0.15, 0.2) is 5.82 Å². The summed E-state index contributed by atoms with van der Waals surface area (Å²) in [5, 5.41) is 1.14. The van der Waals surface area contributed by atoms with Gasteiger partial charge in [0, 0.05) is 10.9 Å². The zero-order chi connectivity index (χ0) is 15.4. The number of aryl methyl sites for hydroxylation is 1. The molecule has 0 radical (unpaired) electrons. The molecule has 2 aromatic carbocycles. The van der Waals surface area contributed by atoms with Crippen molar-refractivity contribution in [3.63, 3.8) is 0 Å². The van der Waals surface area contributed by atoms with Gasteiger partial charge in [0.25, 0.3) is 0 Å². The summed E-state index contributed by atoms with van der Waals surface area (Å²) in [7, 11) is 0. The average Bonchev–Trinajstić information content (AvgIpc) is 2.59. The van der Waals surface area contributed by atoms with Crippen molar-refractivity contribution in [2.75, 3.05) is 6.61 Å². The highest BCUT2D eigenvalue weighted by molar-refractivity contribution is 5.82. The predicted molar refractivity (Wildman–Crippen MR) is 90.1 cm³/mol. The van der Waals surface area contributed by atoms with Crippen LogP contribution in [0.1, 0.15) is 26.0 Å². The number of hydrogen-bond acceptors (Lipinski definition) is 3. The van der Waals surface area contributed by atoms with Crippen LogP contribution in [0.3, 0.4) is 0 Å². The van der Waals surface area contributed by atoms with Gasteiger partial charge in [-0.3, -0.25) is 0 Å². The molecule has 0 saturated carbocycles. The van der Waals surface area contributed by atoms with Gasteiger partial charge < -0.3 is 4.74 Å². The summed E-state index contributed by atoms with van der Waals surface area (Å²) in [5.74, 6) is 1.67. The maximum Gasteiger partial charge on any atom is 0.160 e. The van der Waals surface area contributed by atoms with Crippen LogP contribution in [-0.4, -0.2) is 16.6 Å². The third-order valence-corrected chi connectivity index (χ3v) is 3.60. The number of ether oxygens (including phenoxy) is 1. The molecule has 3 aromatic rings. The van der Waals surface area contributed by atoms with Gasteiger partial charge >= 0.3 is 0 Å². The molecule has 0 N–H and O–H groups in total. The molecule has 0 bridgehead atoms. The highest BCUT2D eigenvalue weighted by Crippen LogP contribution is 2.23. The van der Waals surface area contributed by atoms with Gasteiger partial charge in [-0.25, -0.2) is 9.97 Å². The summed E-state index contributed by atoms with van der Waals surface area (Å²) in [6.45, 7) is 4.97. The second-order valence-electron chi connectivity index (χ2n) is 5.24. The molecule has 0 aliphatic heterocycles. The zero-order valence-corrected chi connectivity index (χ0v) is 13.0. The molecular formula is C19H20N2O. The standard InChI is InChI=1S/C19H20N2O/c1-3-13-22-15-11-9-14(10-12-15)19-20-17(4-2)16-7-5-6-8-18(16)21-19/h5-12H,3-4,13H2,1-2H3. The fourth-order valence-corrected chi connectivity index (χ4v) is 2.46. The van der Waals surface area contributed by atoms with E-state index in [1.54, 1.807) is 0 Å². The van der Waals surface area contributed by atoms with Crippen LogP contribution in [0.25, 0.3) is 22.3 Å². The van der Waals surface area contributed by atoms with E-state index in [0.29, 0.717) is 0 Å². The normalized spacial score (nSPS) is 10.8. The van der Waals surface area contributed by atoms with Crippen LogP contribution in [-0.2, 0) is 6.42 Å². The fraction of sp³-hybridized carbons (Fsp3) is 0.263. The summed E-state index contributed by atoms with van der Waals surface area (Å²) < 4.78 is 5.62. The lowest BCUT2D eigenvalue weighted by molar-refractivity contribution is 0.317. The van der Waals surface area contributed by atoms with Crippen molar-refractivity contribution in [1.82, 2.24) is 9.97 Å². The third kappa shape index (κ3) is 2.93. The SMILES string of the molecule is CCCOc1ccc(-c2nc(CC)c3ccccc3n2)cc1. The number of nitrogens with zero attached hydrogens (tertiary/aromatic N) is 2. The fourth-order valence-electron chi connectivity index (χ4n) is 2.46. The summed E-state index contributed by atoms with van der Waals surface area (Å²) in [6.07, 6.45) is 1.91. The Morgan fingerprint density at radius 1 is 0.909 bits per heavy atom. The first kappa shape index (κ1) is 14.5. The molecule has 3 rings (SSSR count). The Kier molecular flexibility index (Phi) is 4.33. The zero-order valence-electron chi connectivity index (χ0n) is 13.0. The van der Waals surface area contributed by atoms with Crippen LogP contribution in [0.15, 0.2) is 48.5 Å². The molecule has 3 nitrogen and oxygen atoms in total. The molecule has 112 valence electrons. The first-order valence-electron chi connectivity index (χ1n) is 7.80. The second-order valence-corrected chi connectivity index (χ2v) is 5.24. The number of benzene rings is 2. The van der Waals surface area contributed by atoms with Gasteiger partial charge in [-0.05, 0) is 43.2 Å². The van der Waals surface area contributed by atoms with E-state index in [1.165, 1.54) is 0 Å². The van der Waals surface area contributed by atoms with E-state index in [2.05, 4.69) is 19.9 Å². The molecule has 0 fully saturated rings. The molecule has 1 aromatic heterocycles. The lowest BCUT2D eigenvalue weighted by Gasteiger charge is -2.08. The minimum atomic E-state index is 0.742. The number of aromatic nitrogens is 2. The molecule has 0 aliphatic rings. The maximum atomic E-state index is 5.62. The van der Waals surface area contributed by atoms with Crippen molar-refractivity contribution in [2.24, 2.45) is 0 Å². The van der Waals surface area contributed by atoms with Gasteiger partial charge in [-0.1, -0.05) is 32.0 Å². The molecule has 3 heteroatoms. The van der Waals surface area contributed by atoms with E-state index in [-0.39, 0.29) is 0 Å². The minimum Gasteiger partial charge on any atom is -0.494 e.